The summed E-state index contributed by atoms with van der Waals surface area (Å²) in [5, 5.41) is 4.12. The number of hydrogen-bond donors (Lipinski definition) is 0. The maximum Gasteiger partial charge on any atom is 0.256 e. The van der Waals surface area contributed by atoms with Crippen LogP contribution in [0.1, 0.15) is 85.8 Å². The normalized spacial score (nSPS) is 19.6. The van der Waals surface area contributed by atoms with E-state index in [9.17, 15) is 4.79 Å². The molecular formula is C21H29N5O3. The molecule has 8 heteroatoms. The van der Waals surface area contributed by atoms with Gasteiger partial charge in [0.15, 0.2) is 5.82 Å². The monoisotopic (exact) mass is 399 g/mol. The van der Waals surface area contributed by atoms with Crippen LogP contribution in [0.5, 0.6) is 5.88 Å². The van der Waals surface area contributed by atoms with Crippen LogP contribution in [-0.2, 0) is 13.1 Å². The standard InChI is InChI=1S/C21H29N5O3/c1-12(2)18-23-20(29-24-18)17-7-6-8-25(17)10-14-9-15-16(22-19(14)28-5)11-26(13(3)4)21(15)27/h9,12-13,17H,6-8,10-11H2,1-5H3/t17-/m0/s1. The molecule has 1 amide bonds. The number of pyridine rings is 1. The lowest BCUT2D eigenvalue weighted by Crippen LogP contribution is -2.30. The molecule has 0 aromatic carbocycles. The van der Waals surface area contributed by atoms with Crippen LogP contribution in [0.2, 0.25) is 0 Å². The number of hydrogen-bond acceptors (Lipinski definition) is 7. The summed E-state index contributed by atoms with van der Waals surface area (Å²) < 4.78 is 11.1. The lowest BCUT2D eigenvalue weighted by Gasteiger charge is -2.22. The summed E-state index contributed by atoms with van der Waals surface area (Å²) in [5.74, 6) is 2.27. The van der Waals surface area contributed by atoms with Crippen molar-refractivity contribution in [3.8, 4) is 5.88 Å². The summed E-state index contributed by atoms with van der Waals surface area (Å²) in [6.07, 6.45) is 2.03. The molecule has 2 aliphatic rings. The third-order valence-electron chi connectivity index (χ3n) is 5.76. The summed E-state index contributed by atoms with van der Waals surface area (Å²) in [7, 11) is 1.63. The summed E-state index contributed by atoms with van der Waals surface area (Å²) in [4.78, 5) is 26.2. The Morgan fingerprint density at radius 2 is 2.07 bits per heavy atom. The van der Waals surface area contributed by atoms with Crippen LogP contribution in [0.15, 0.2) is 10.6 Å². The van der Waals surface area contributed by atoms with Gasteiger partial charge in [-0.25, -0.2) is 4.98 Å². The fraction of sp³-hybridized carbons (Fsp3) is 0.619. The molecule has 0 saturated carbocycles. The zero-order valence-electron chi connectivity index (χ0n) is 17.8. The molecule has 2 aromatic heterocycles. The predicted octanol–water partition coefficient (Wildman–Crippen LogP) is 3.30. The van der Waals surface area contributed by atoms with Crippen molar-refractivity contribution in [2.45, 2.75) is 71.6 Å². The van der Waals surface area contributed by atoms with Gasteiger partial charge in [-0.05, 0) is 39.3 Å². The largest absolute Gasteiger partial charge is 0.481 e. The molecule has 1 fully saturated rings. The van der Waals surface area contributed by atoms with Crippen LogP contribution in [-0.4, -0.2) is 50.5 Å². The van der Waals surface area contributed by atoms with Crippen molar-refractivity contribution in [2.75, 3.05) is 13.7 Å². The minimum Gasteiger partial charge on any atom is -0.481 e. The van der Waals surface area contributed by atoms with E-state index >= 15 is 0 Å². The SMILES string of the molecule is COc1nc2c(cc1CN1CCC[C@H]1c1nc(C(C)C)no1)C(=O)N(C(C)C)C2. The summed E-state index contributed by atoms with van der Waals surface area (Å²) in [5.41, 5.74) is 2.39. The molecule has 8 nitrogen and oxygen atoms in total. The highest BCUT2D eigenvalue weighted by molar-refractivity contribution is 5.98. The third-order valence-corrected chi connectivity index (χ3v) is 5.76. The number of aromatic nitrogens is 3. The Morgan fingerprint density at radius 3 is 2.72 bits per heavy atom. The van der Waals surface area contributed by atoms with Crippen molar-refractivity contribution >= 4 is 5.91 Å². The van der Waals surface area contributed by atoms with Crippen molar-refractivity contribution < 1.29 is 14.1 Å². The highest BCUT2D eigenvalue weighted by atomic mass is 16.5. The number of ether oxygens (including phenoxy) is 1. The van der Waals surface area contributed by atoms with Crippen molar-refractivity contribution in [1.29, 1.82) is 0 Å². The number of carbonyl (C=O) groups is 1. The Morgan fingerprint density at radius 1 is 1.28 bits per heavy atom. The van der Waals surface area contributed by atoms with Crippen LogP contribution in [0.4, 0.5) is 0 Å². The Kier molecular flexibility index (Phi) is 5.29. The van der Waals surface area contributed by atoms with Gasteiger partial charge in [-0.15, -0.1) is 0 Å². The average molecular weight is 399 g/mol. The third kappa shape index (κ3) is 3.61. The molecule has 0 aliphatic carbocycles. The van der Waals surface area contributed by atoms with Gasteiger partial charge in [0.2, 0.25) is 11.8 Å². The molecule has 2 aliphatic heterocycles. The maximum absolute atomic E-state index is 12.8. The number of methoxy groups -OCH3 is 1. The van der Waals surface area contributed by atoms with E-state index < -0.39 is 0 Å². The fourth-order valence-corrected chi connectivity index (χ4v) is 4.11. The van der Waals surface area contributed by atoms with Gasteiger partial charge in [0, 0.05) is 24.1 Å². The zero-order chi connectivity index (χ0) is 20.7. The molecule has 156 valence electrons. The Balaban J connectivity index is 1.59. The molecule has 29 heavy (non-hydrogen) atoms. The van der Waals surface area contributed by atoms with Crippen molar-refractivity contribution in [2.24, 2.45) is 0 Å². The number of carbonyl (C=O) groups excluding carboxylic acids is 1. The van der Waals surface area contributed by atoms with Gasteiger partial charge in [-0.1, -0.05) is 19.0 Å². The second kappa shape index (κ2) is 7.74. The first-order valence-electron chi connectivity index (χ1n) is 10.3. The van der Waals surface area contributed by atoms with Gasteiger partial charge >= 0.3 is 0 Å². The van der Waals surface area contributed by atoms with Gasteiger partial charge < -0.3 is 14.2 Å². The van der Waals surface area contributed by atoms with E-state index in [2.05, 4.69) is 33.9 Å². The first-order chi connectivity index (χ1) is 13.9. The summed E-state index contributed by atoms with van der Waals surface area (Å²) in [6.45, 7) is 10.2. The molecular weight excluding hydrogens is 370 g/mol. The number of amides is 1. The summed E-state index contributed by atoms with van der Waals surface area (Å²) >= 11 is 0. The first-order valence-corrected chi connectivity index (χ1v) is 10.3. The highest BCUT2D eigenvalue weighted by Gasteiger charge is 2.35. The summed E-state index contributed by atoms with van der Waals surface area (Å²) in [6, 6.07) is 2.17. The zero-order valence-corrected chi connectivity index (χ0v) is 17.8. The maximum atomic E-state index is 12.8. The van der Waals surface area contributed by atoms with E-state index in [1.165, 1.54) is 0 Å². The van der Waals surface area contributed by atoms with Crippen LogP contribution < -0.4 is 4.74 Å². The van der Waals surface area contributed by atoms with E-state index in [1.807, 2.05) is 24.8 Å². The minimum atomic E-state index is 0.0443. The Bertz CT molecular complexity index is 908. The van der Waals surface area contributed by atoms with E-state index in [-0.39, 0.29) is 23.9 Å². The average Bonchev–Trinajstić information content (AvgIpc) is 3.40. The van der Waals surface area contributed by atoms with Crippen LogP contribution in [0.3, 0.4) is 0 Å². The van der Waals surface area contributed by atoms with Crippen LogP contribution >= 0.6 is 0 Å². The van der Waals surface area contributed by atoms with Crippen LogP contribution in [0.25, 0.3) is 0 Å². The molecule has 0 bridgehead atoms. The van der Waals surface area contributed by atoms with Gasteiger partial charge in [0.05, 0.1) is 31.0 Å². The first kappa shape index (κ1) is 19.8. The smallest absolute Gasteiger partial charge is 0.256 e. The Labute approximate surface area is 171 Å². The quantitative estimate of drug-likeness (QED) is 0.737. The number of rotatable bonds is 6. The van der Waals surface area contributed by atoms with Crippen molar-refractivity contribution in [1.82, 2.24) is 24.9 Å². The molecule has 1 atom stereocenters. The number of nitrogens with zero attached hydrogens (tertiary/aromatic N) is 5. The van der Waals surface area contributed by atoms with Gasteiger partial charge in [0.25, 0.3) is 5.91 Å². The van der Waals surface area contributed by atoms with Crippen molar-refractivity contribution in [3.63, 3.8) is 0 Å². The molecule has 0 spiro atoms. The van der Waals surface area contributed by atoms with Gasteiger partial charge in [-0.3, -0.25) is 9.69 Å². The van der Waals surface area contributed by atoms with E-state index in [0.717, 1.165) is 36.5 Å². The van der Waals surface area contributed by atoms with E-state index in [4.69, 9.17) is 9.26 Å². The molecule has 0 N–H and O–H groups in total. The predicted molar refractivity (Wildman–Crippen MR) is 107 cm³/mol. The highest BCUT2D eigenvalue weighted by Crippen LogP contribution is 2.35. The number of fused-ring (bicyclic) bond motifs is 1. The molecule has 2 aromatic rings. The molecule has 1 saturated heterocycles. The van der Waals surface area contributed by atoms with E-state index in [1.54, 1.807) is 7.11 Å². The Hall–Kier alpha value is -2.48. The fourth-order valence-electron chi connectivity index (χ4n) is 4.11. The molecule has 0 radical (unpaired) electrons. The second-order valence-electron chi connectivity index (χ2n) is 8.45. The number of likely N-dealkylation sites (tertiary alicyclic amines) is 1. The lowest BCUT2D eigenvalue weighted by molar-refractivity contribution is 0.0730. The van der Waals surface area contributed by atoms with E-state index in [0.29, 0.717) is 30.4 Å². The topological polar surface area (TPSA) is 84.6 Å². The minimum absolute atomic E-state index is 0.0443. The van der Waals surface area contributed by atoms with Crippen LogP contribution in [0, 0.1) is 0 Å². The molecule has 4 heterocycles. The molecule has 0 unspecified atom stereocenters. The molecule has 4 rings (SSSR count). The van der Waals surface area contributed by atoms with Gasteiger partial charge in [-0.2, -0.15) is 4.98 Å². The van der Waals surface area contributed by atoms with Crippen molar-refractivity contribution in [3.05, 3.63) is 34.6 Å². The lowest BCUT2D eigenvalue weighted by atomic mass is 10.1. The van der Waals surface area contributed by atoms with Gasteiger partial charge in [0.1, 0.15) is 0 Å². The second-order valence-corrected chi connectivity index (χ2v) is 8.45.